The van der Waals surface area contributed by atoms with Crippen LogP contribution in [0.3, 0.4) is 0 Å². The van der Waals surface area contributed by atoms with Gasteiger partial charge < -0.3 is 4.74 Å². The molecule has 0 saturated carbocycles. The predicted octanol–water partition coefficient (Wildman–Crippen LogP) is 5.20. The van der Waals surface area contributed by atoms with Crippen LogP contribution in [0.15, 0.2) is 59.1 Å². The first-order valence-electron chi connectivity index (χ1n) is 7.21. The van der Waals surface area contributed by atoms with Gasteiger partial charge in [-0.15, -0.1) is 0 Å². The summed E-state index contributed by atoms with van der Waals surface area (Å²) in [6.45, 7) is 5.48. The highest BCUT2D eigenvalue weighted by Gasteiger charge is 2.23. The van der Waals surface area contributed by atoms with E-state index in [0.29, 0.717) is 5.69 Å². The molecular formula is C19H18BrNO2. The summed E-state index contributed by atoms with van der Waals surface area (Å²) in [5, 5.41) is 0. The Bertz CT molecular complexity index is 739. The number of rotatable bonds is 1. The van der Waals surface area contributed by atoms with Gasteiger partial charge in [-0.1, -0.05) is 30.3 Å². The minimum Gasteiger partial charge on any atom is -0.443 e. The summed E-state index contributed by atoms with van der Waals surface area (Å²) in [6.07, 6.45) is -0.507. The van der Waals surface area contributed by atoms with E-state index in [-0.39, 0.29) is 0 Å². The van der Waals surface area contributed by atoms with Gasteiger partial charge in [-0.25, -0.2) is 9.69 Å². The molecule has 0 aromatic heterocycles. The third-order valence-electron chi connectivity index (χ3n) is 2.76. The van der Waals surface area contributed by atoms with Crippen LogP contribution in [0.4, 0.5) is 10.5 Å². The highest BCUT2D eigenvalue weighted by molar-refractivity contribution is 9.10. The molecule has 2 aromatic carbocycles. The molecule has 118 valence electrons. The molecule has 0 bridgehead atoms. The fourth-order valence-electron chi connectivity index (χ4n) is 1.79. The minimum atomic E-state index is -0.592. The predicted molar refractivity (Wildman–Crippen MR) is 96.2 cm³/mol. The van der Waals surface area contributed by atoms with Crippen molar-refractivity contribution in [2.24, 2.45) is 0 Å². The molecule has 0 saturated heterocycles. The first-order valence-corrected chi connectivity index (χ1v) is 8.00. The molecule has 0 spiro atoms. The van der Waals surface area contributed by atoms with Crippen LogP contribution in [-0.2, 0) is 4.74 Å². The van der Waals surface area contributed by atoms with Crippen molar-refractivity contribution in [2.45, 2.75) is 26.4 Å². The molecule has 4 heteroatoms. The number of benzene rings is 2. The number of carbonyl (C=O) groups excluding carboxylic acids is 1. The van der Waals surface area contributed by atoms with Gasteiger partial charge in [0.05, 0.1) is 5.69 Å². The Balaban J connectivity index is 2.38. The van der Waals surface area contributed by atoms with Crippen LogP contribution in [0.1, 0.15) is 26.3 Å². The molecule has 0 aliphatic carbocycles. The van der Waals surface area contributed by atoms with E-state index in [1.165, 1.54) is 4.90 Å². The first-order chi connectivity index (χ1) is 10.9. The van der Waals surface area contributed by atoms with Gasteiger partial charge in [0.2, 0.25) is 0 Å². The topological polar surface area (TPSA) is 29.5 Å². The van der Waals surface area contributed by atoms with Crippen molar-refractivity contribution in [3.8, 4) is 12.0 Å². The van der Waals surface area contributed by atoms with Crippen molar-refractivity contribution in [1.29, 1.82) is 0 Å². The van der Waals surface area contributed by atoms with Crippen molar-refractivity contribution in [1.82, 2.24) is 0 Å². The number of amides is 1. The summed E-state index contributed by atoms with van der Waals surface area (Å²) in [5.74, 6) is 2.99. The van der Waals surface area contributed by atoms with E-state index in [1.807, 2.05) is 75.4 Å². The fourth-order valence-corrected chi connectivity index (χ4v) is 2.25. The van der Waals surface area contributed by atoms with Crippen molar-refractivity contribution in [3.05, 3.63) is 64.6 Å². The summed E-state index contributed by atoms with van der Waals surface area (Å²) in [6, 6.07) is 19.8. The lowest BCUT2D eigenvalue weighted by Gasteiger charge is -2.24. The Morgan fingerprint density at radius 1 is 1.04 bits per heavy atom. The van der Waals surface area contributed by atoms with Gasteiger partial charge in [-0.3, -0.25) is 0 Å². The zero-order valence-electron chi connectivity index (χ0n) is 13.3. The van der Waals surface area contributed by atoms with E-state index in [9.17, 15) is 4.79 Å². The SMILES string of the molecule is CC(C)(C)OC(=O)N(C#Cc1ccccc1)c1ccccc1Br. The second-order valence-corrected chi connectivity index (χ2v) is 6.72. The number of hydrogen-bond acceptors (Lipinski definition) is 2. The molecule has 2 rings (SSSR count). The maximum atomic E-state index is 12.5. The van der Waals surface area contributed by atoms with Gasteiger partial charge in [-0.05, 0) is 66.9 Å². The highest BCUT2D eigenvalue weighted by Crippen LogP contribution is 2.26. The van der Waals surface area contributed by atoms with Crippen LogP contribution in [0.5, 0.6) is 0 Å². The molecule has 0 unspecified atom stereocenters. The molecule has 0 aliphatic heterocycles. The van der Waals surface area contributed by atoms with Crippen molar-refractivity contribution in [2.75, 3.05) is 4.90 Å². The van der Waals surface area contributed by atoms with E-state index >= 15 is 0 Å². The lowest BCUT2D eigenvalue weighted by atomic mass is 10.2. The number of hydrogen-bond donors (Lipinski definition) is 0. The molecule has 0 N–H and O–H groups in total. The Hall–Kier alpha value is -2.25. The van der Waals surface area contributed by atoms with Crippen LogP contribution < -0.4 is 4.90 Å². The molecule has 2 aromatic rings. The summed E-state index contributed by atoms with van der Waals surface area (Å²) in [5.41, 5.74) is 0.878. The van der Waals surface area contributed by atoms with Crippen molar-refractivity contribution < 1.29 is 9.53 Å². The van der Waals surface area contributed by atoms with E-state index in [0.717, 1.165) is 10.0 Å². The Morgan fingerprint density at radius 3 is 2.26 bits per heavy atom. The van der Waals surface area contributed by atoms with Crippen LogP contribution in [0.2, 0.25) is 0 Å². The Labute approximate surface area is 145 Å². The second kappa shape index (κ2) is 7.34. The first kappa shape index (κ1) is 17.1. The van der Waals surface area contributed by atoms with Gasteiger partial charge in [0.15, 0.2) is 0 Å². The van der Waals surface area contributed by atoms with Crippen LogP contribution in [0, 0.1) is 12.0 Å². The molecule has 0 heterocycles. The number of halogens is 1. The normalized spacial score (nSPS) is 10.4. The van der Waals surface area contributed by atoms with E-state index in [4.69, 9.17) is 4.74 Å². The van der Waals surface area contributed by atoms with Crippen molar-refractivity contribution >= 4 is 27.7 Å². The standard InChI is InChI=1S/C19H18BrNO2/c1-19(2,3)23-18(22)21(17-12-8-7-11-16(17)20)14-13-15-9-5-4-6-10-15/h4-12H,1-3H3. The number of anilines is 1. The van der Waals surface area contributed by atoms with E-state index in [1.54, 1.807) is 0 Å². The lowest BCUT2D eigenvalue weighted by molar-refractivity contribution is 0.0600. The molecule has 0 radical (unpaired) electrons. The second-order valence-electron chi connectivity index (χ2n) is 5.87. The Morgan fingerprint density at radius 2 is 1.65 bits per heavy atom. The van der Waals surface area contributed by atoms with Crippen molar-refractivity contribution in [3.63, 3.8) is 0 Å². The number of carbonyl (C=O) groups is 1. The quantitative estimate of drug-likeness (QED) is 0.509. The zero-order valence-corrected chi connectivity index (χ0v) is 14.9. The summed E-state index contributed by atoms with van der Waals surface area (Å²) in [4.78, 5) is 13.8. The summed E-state index contributed by atoms with van der Waals surface area (Å²) < 4.78 is 6.23. The smallest absolute Gasteiger partial charge is 0.426 e. The Kier molecular flexibility index (Phi) is 5.46. The molecular weight excluding hydrogens is 354 g/mol. The number of ether oxygens (including phenoxy) is 1. The van der Waals surface area contributed by atoms with Gasteiger partial charge >= 0.3 is 6.09 Å². The molecule has 3 nitrogen and oxygen atoms in total. The van der Waals surface area contributed by atoms with E-state index in [2.05, 4.69) is 27.9 Å². The molecule has 1 amide bonds. The lowest BCUT2D eigenvalue weighted by Crippen LogP contribution is -2.34. The van der Waals surface area contributed by atoms with Crippen LogP contribution >= 0.6 is 15.9 Å². The monoisotopic (exact) mass is 371 g/mol. The van der Waals surface area contributed by atoms with Gasteiger partial charge in [0.25, 0.3) is 0 Å². The third-order valence-corrected chi connectivity index (χ3v) is 3.43. The minimum absolute atomic E-state index is 0.507. The molecule has 0 atom stereocenters. The van der Waals surface area contributed by atoms with Gasteiger partial charge in [-0.2, -0.15) is 0 Å². The molecule has 0 aliphatic rings. The van der Waals surface area contributed by atoms with Crippen LogP contribution in [0.25, 0.3) is 0 Å². The van der Waals surface area contributed by atoms with Gasteiger partial charge in [0.1, 0.15) is 5.60 Å². The zero-order chi connectivity index (χ0) is 16.9. The highest BCUT2D eigenvalue weighted by atomic mass is 79.9. The van der Waals surface area contributed by atoms with E-state index < -0.39 is 11.7 Å². The molecule has 0 fully saturated rings. The molecule has 23 heavy (non-hydrogen) atoms. The average molecular weight is 372 g/mol. The fraction of sp³-hybridized carbons (Fsp3) is 0.211. The maximum absolute atomic E-state index is 12.5. The summed E-state index contributed by atoms with van der Waals surface area (Å²) in [7, 11) is 0. The maximum Gasteiger partial charge on any atom is 0.426 e. The number of para-hydroxylation sites is 1. The summed E-state index contributed by atoms with van der Waals surface area (Å²) >= 11 is 3.45. The average Bonchev–Trinajstić information content (AvgIpc) is 2.48. The largest absolute Gasteiger partial charge is 0.443 e. The number of nitrogens with zero attached hydrogens (tertiary/aromatic N) is 1. The van der Waals surface area contributed by atoms with Gasteiger partial charge in [0, 0.05) is 16.1 Å². The third kappa shape index (κ3) is 5.15. The van der Waals surface area contributed by atoms with Crippen LogP contribution in [-0.4, -0.2) is 11.7 Å².